The summed E-state index contributed by atoms with van der Waals surface area (Å²) in [6.07, 6.45) is 16.2. The molecule has 2 aliphatic heterocycles. The Morgan fingerprint density at radius 3 is 2.43 bits per heavy atom. The van der Waals surface area contributed by atoms with Gasteiger partial charge in [0.05, 0.1) is 42.8 Å². The van der Waals surface area contributed by atoms with E-state index in [1.165, 1.54) is 25.4 Å². The van der Waals surface area contributed by atoms with Gasteiger partial charge in [-0.15, -0.1) is 5.10 Å². The van der Waals surface area contributed by atoms with Gasteiger partial charge in [-0.3, -0.25) is 9.58 Å². The molecule has 1 saturated carbocycles. The van der Waals surface area contributed by atoms with Crippen LogP contribution < -0.4 is 14.8 Å². The van der Waals surface area contributed by atoms with Crippen LogP contribution in [-0.2, 0) is 21.1 Å². The fraction of sp³-hybridized carbons (Fsp3) is 0.545. The molecule has 5 heterocycles. The lowest BCUT2D eigenvalue weighted by atomic mass is 9.89. The third kappa shape index (κ3) is 8.17. The summed E-state index contributed by atoms with van der Waals surface area (Å²) in [4.78, 5) is 15.8. The van der Waals surface area contributed by atoms with Crippen LogP contribution in [-0.4, -0.2) is 104 Å². The molecule has 3 atom stereocenters. The average Bonchev–Trinajstić information content (AvgIpc) is 3.80. The summed E-state index contributed by atoms with van der Waals surface area (Å²) < 4.78 is 45.1. The van der Waals surface area contributed by atoms with E-state index in [0.29, 0.717) is 53.0 Å². The van der Waals surface area contributed by atoms with Crippen molar-refractivity contribution >= 4 is 33.1 Å². The molecular weight excluding hydrogens is 670 g/mol. The van der Waals surface area contributed by atoms with Crippen molar-refractivity contribution in [2.45, 2.75) is 82.3 Å². The van der Waals surface area contributed by atoms with Gasteiger partial charge < -0.3 is 19.5 Å². The van der Waals surface area contributed by atoms with Gasteiger partial charge >= 0.3 is 0 Å². The molecule has 16 heteroatoms. The van der Waals surface area contributed by atoms with Crippen molar-refractivity contribution in [2.75, 3.05) is 37.1 Å². The van der Waals surface area contributed by atoms with Crippen molar-refractivity contribution in [1.29, 1.82) is 0 Å². The van der Waals surface area contributed by atoms with E-state index in [4.69, 9.17) is 30.9 Å². The Hall–Kier alpha value is -3.79. The minimum Gasteiger partial charge on any atom is -0.487 e. The van der Waals surface area contributed by atoms with Crippen LogP contribution in [0.4, 0.5) is 11.6 Å². The lowest BCUT2D eigenvalue weighted by Crippen LogP contribution is -2.52. The van der Waals surface area contributed by atoms with Gasteiger partial charge in [-0.1, -0.05) is 17.7 Å². The van der Waals surface area contributed by atoms with Crippen molar-refractivity contribution in [3.8, 4) is 22.8 Å². The van der Waals surface area contributed by atoms with Gasteiger partial charge in [0.1, 0.15) is 36.8 Å². The lowest BCUT2D eigenvalue weighted by Gasteiger charge is -2.43. The number of ether oxygens (including phenoxy) is 3. The summed E-state index contributed by atoms with van der Waals surface area (Å²) in [7, 11) is -3.20. The molecule has 49 heavy (non-hydrogen) atoms. The third-order valence-electron chi connectivity index (χ3n) is 9.55. The van der Waals surface area contributed by atoms with Crippen LogP contribution >= 0.6 is 11.6 Å². The number of hydrogen-bond acceptors (Lipinski definition) is 12. The molecule has 3 aliphatic rings. The third-order valence-corrected chi connectivity index (χ3v) is 10.8. The number of anilines is 2. The summed E-state index contributed by atoms with van der Waals surface area (Å²) in [5, 5.41) is 12.6. The highest BCUT2D eigenvalue weighted by Gasteiger charge is 2.42. The van der Waals surface area contributed by atoms with Crippen molar-refractivity contribution < 1.29 is 22.6 Å². The maximum Gasteiger partial charge on any atom is 0.256 e. The molecule has 0 amide bonds. The topological polar surface area (TPSA) is 151 Å². The second kappa shape index (κ2) is 14.6. The number of morpholine rings is 1. The van der Waals surface area contributed by atoms with E-state index in [-0.39, 0.29) is 24.5 Å². The van der Waals surface area contributed by atoms with Crippen LogP contribution in [0.1, 0.15) is 51.5 Å². The average molecular weight is 712 g/mol. The lowest BCUT2D eigenvalue weighted by molar-refractivity contribution is -0.0458. The quantitative estimate of drug-likeness (QED) is 0.207. The summed E-state index contributed by atoms with van der Waals surface area (Å²) in [5.41, 5.74) is 2.21. The molecule has 1 N–H and O–H groups in total. The Kier molecular flexibility index (Phi) is 10.0. The first kappa shape index (κ1) is 33.7. The zero-order chi connectivity index (χ0) is 34.0. The van der Waals surface area contributed by atoms with E-state index in [0.717, 1.165) is 50.0 Å². The van der Waals surface area contributed by atoms with Crippen LogP contribution in [0.5, 0.6) is 11.6 Å². The van der Waals surface area contributed by atoms with Gasteiger partial charge in [-0.25, -0.2) is 28.1 Å². The number of aromatic nitrogens is 7. The second-order valence-corrected chi connectivity index (χ2v) is 15.9. The van der Waals surface area contributed by atoms with Gasteiger partial charge in [0.2, 0.25) is 5.95 Å². The Bertz CT molecular complexity index is 1800. The Balaban J connectivity index is 1.03. The van der Waals surface area contributed by atoms with Crippen molar-refractivity contribution in [3.05, 3.63) is 54.5 Å². The van der Waals surface area contributed by atoms with E-state index in [1.807, 2.05) is 29.9 Å². The van der Waals surface area contributed by atoms with Gasteiger partial charge in [0, 0.05) is 42.3 Å². The Labute approximate surface area is 291 Å². The number of nitrogens with one attached hydrogen (secondary N) is 1. The van der Waals surface area contributed by atoms with Gasteiger partial charge in [0.25, 0.3) is 5.88 Å². The normalized spacial score (nSPS) is 23.3. The number of fused-ring (bicyclic) bond motifs is 2. The van der Waals surface area contributed by atoms with Crippen LogP contribution in [0.15, 0.2) is 49.4 Å². The summed E-state index contributed by atoms with van der Waals surface area (Å²) in [6, 6.07) is 7.44. The van der Waals surface area contributed by atoms with Crippen LogP contribution in [0, 0.1) is 0 Å². The maximum atomic E-state index is 11.8. The Morgan fingerprint density at radius 2 is 1.73 bits per heavy atom. The standard InChI is InChI=1S/C33H42ClN9O5S/c1-22(16-41-21-35-20-38-41)48-31-13-23(3-10-29(31)34)24-14-36-33(37-15-24)39-30-17-42(40-32(30)47-11-12-49(2,44)45)25-4-6-26(7-5-25)43-27-8-9-28(43)19-46-18-27/h3,10,13-15,17,20-22,25-28H,4-9,11-12,16,18-19H2,1-2H3,(H,36,37,39)/t22-,25-,26-,27-,28+/m0/s1. The molecule has 0 radical (unpaired) electrons. The Morgan fingerprint density at radius 1 is 1.02 bits per heavy atom. The first-order valence-electron chi connectivity index (χ1n) is 16.8. The zero-order valence-corrected chi connectivity index (χ0v) is 29.3. The maximum absolute atomic E-state index is 11.8. The van der Waals surface area contributed by atoms with E-state index in [2.05, 4.69) is 30.3 Å². The van der Waals surface area contributed by atoms with Crippen molar-refractivity contribution in [1.82, 2.24) is 39.4 Å². The molecule has 0 spiro atoms. The molecule has 3 fully saturated rings. The van der Waals surface area contributed by atoms with Gasteiger partial charge in [-0.2, -0.15) is 5.10 Å². The number of rotatable bonds is 13. The highest BCUT2D eigenvalue weighted by molar-refractivity contribution is 7.90. The minimum absolute atomic E-state index is 0.00467. The predicted octanol–water partition coefficient (Wildman–Crippen LogP) is 4.57. The monoisotopic (exact) mass is 711 g/mol. The molecule has 1 aliphatic carbocycles. The van der Waals surface area contributed by atoms with E-state index in [1.54, 1.807) is 29.5 Å². The highest BCUT2D eigenvalue weighted by Crippen LogP contribution is 2.39. The van der Waals surface area contributed by atoms with Gasteiger partial charge in [-0.05, 0) is 63.1 Å². The van der Waals surface area contributed by atoms with Crippen LogP contribution in [0.25, 0.3) is 11.1 Å². The minimum atomic E-state index is -3.20. The van der Waals surface area contributed by atoms with E-state index >= 15 is 0 Å². The molecule has 4 aromatic rings. The van der Waals surface area contributed by atoms with Crippen LogP contribution in [0.2, 0.25) is 5.02 Å². The molecule has 7 rings (SSSR count). The van der Waals surface area contributed by atoms with E-state index < -0.39 is 9.84 Å². The molecular formula is C33H42ClN9O5S. The first-order valence-corrected chi connectivity index (χ1v) is 19.3. The molecule has 3 aromatic heterocycles. The summed E-state index contributed by atoms with van der Waals surface area (Å²) in [6.45, 7) is 4.16. The predicted molar refractivity (Wildman–Crippen MR) is 184 cm³/mol. The van der Waals surface area contributed by atoms with Crippen molar-refractivity contribution in [2.24, 2.45) is 0 Å². The number of nitrogens with zero attached hydrogens (tertiary/aromatic N) is 8. The number of halogens is 1. The summed E-state index contributed by atoms with van der Waals surface area (Å²) in [5.74, 6) is 1.12. The first-order chi connectivity index (χ1) is 23.7. The molecule has 2 bridgehead atoms. The smallest absolute Gasteiger partial charge is 0.256 e. The molecule has 1 aromatic carbocycles. The van der Waals surface area contributed by atoms with Crippen LogP contribution in [0.3, 0.4) is 0 Å². The zero-order valence-electron chi connectivity index (χ0n) is 27.7. The van der Waals surface area contributed by atoms with Crippen molar-refractivity contribution in [3.63, 3.8) is 0 Å². The molecule has 0 unspecified atom stereocenters. The second-order valence-electron chi connectivity index (χ2n) is 13.2. The number of benzene rings is 1. The van der Waals surface area contributed by atoms with Gasteiger partial charge in [0.15, 0.2) is 9.84 Å². The molecule has 14 nitrogen and oxygen atoms in total. The highest BCUT2D eigenvalue weighted by atomic mass is 35.5. The largest absolute Gasteiger partial charge is 0.487 e. The van der Waals surface area contributed by atoms with E-state index in [9.17, 15) is 8.42 Å². The fourth-order valence-electron chi connectivity index (χ4n) is 7.20. The number of sulfone groups is 1. The summed E-state index contributed by atoms with van der Waals surface area (Å²) >= 11 is 6.45. The molecule has 262 valence electrons. The SMILES string of the molecule is C[C@@H](Cn1cncn1)Oc1cc(-c2cnc(Nc3cn([C@H]4CC[C@H](N5[C@@H]6CC[C@H]5COC6)CC4)nc3OCCS(C)(=O)=O)nc2)ccc1Cl. The molecule has 2 saturated heterocycles. The number of hydrogen-bond donors (Lipinski definition) is 1. The fourth-order valence-corrected chi connectivity index (χ4v) is 7.75.